The standard InChI is InChI=1S/C16H17Cl2NO/c1-11(15-9-13(17)6-7-16(15)18)19-10-12-4-3-5-14(8-12)20-2/h3-9,11,19H,10H2,1-2H3. The number of ether oxygens (including phenoxy) is 1. The molecule has 2 rings (SSSR count). The Morgan fingerprint density at radius 1 is 1.15 bits per heavy atom. The molecule has 2 nitrogen and oxygen atoms in total. The highest BCUT2D eigenvalue weighted by atomic mass is 35.5. The van der Waals surface area contributed by atoms with Crippen LogP contribution < -0.4 is 10.1 Å². The largest absolute Gasteiger partial charge is 0.497 e. The molecule has 1 atom stereocenters. The second-order valence-corrected chi connectivity index (χ2v) is 5.46. The molecule has 0 radical (unpaired) electrons. The van der Waals surface area contributed by atoms with Crippen LogP contribution in [0.2, 0.25) is 10.0 Å². The molecule has 0 heterocycles. The van der Waals surface area contributed by atoms with Gasteiger partial charge < -0.3 is 10.1 Å². The first kappa shape index (κ1) is 15.2. The van der Waals surface area contributed by atoms with Gasteiger partial charge in [-0.25, -0.2) is 0 Å². The van der Waals surface area contributed by atoms with Crippen molar-refractivity contribution in [3.05, 3.63) is 63.6 Å². The minimum atomic E-state index is 0.118. The maximum Gasteiger partial charge on any atom is 0.119 e. The summed E-state index contributed by atoms with van der Waals surface area (Å²) in [6, 6.07) is 13.6. The van der Waals surface area contributed by atoms with Crippen molar-refractivity contribution in [3.8, 4) is 5.75 Å². The first-order chi connectivity index (χ1) is 9.60. The molecule has 0 fully saturated rings. The van der Waals surface area contributed by atoms with Crippen LogP contribution in [0.5, 0.6) is 5.75 Å². The van der Waals surface area contributed by atoms with E-state index < -0.39 is 0 Å². The lowest BCUT2D eigenvalue weighted by molar-refractivity contribution is 0.414. The fraction of sp³-hybridized carbons (Fsp3) is 0.250. The number of methoxy groups -OCH3 is 1. The lowest BCUT2D eigenvalue weighted by Crippen LogP contribution is -2.18. The van der Waals surface area contributed by atoms with Crippen LogP contribution in [-0.2, 0) is 6.54 Å². The van der Waals surface area contributed by atoms with Gasteiger partial charge in [0.15, 0.2) is 0 Å². The minimum absolute atomic E-state index is 0.118. The van der Waals surface area contributed by atoms with Gasteiger partial charge >= 0.3 is 0 Å². The van der Waals surface area contributed by atoms with Gasteiger partial charge in [-0.2, -0.15) is 0 Å². The maximum atomic E-state index is 6.20. The normalized spacial score (nSPS) is 12.2. The van der Waals surface area contributed by atoms with E-state index in [9.17, 15) is 0 Å². The van der Waals surface area contributed by atoms with Crippen molar-refractivity contribution in [2.45, 2.75) is 19.5 Å². The Kier molecular flexibility index (Phi) is 5.30. The van der Waals surface area contributed by atoms with Crippen molar-refractivity contribution >= 4 is 23.2 Å². The number of nitrogens with one attached hydrogen (secondary N) is 1. The van der Waals surface area contributed by atoms with Crippen LogP contribution in [0, 0.1) is 0 Å². The molecule has 2 aromatic rings. The topological polar surface area (TPSA) is 21.3 Å². The predicted octanol–water partition coefficient (Wildman–Crippen LogP) is 4.85. The summed E-state index contributed by atoms with van der Waals surface area (Å²) in [6.45, 7) is 2.80. The summed E-state index contributed by atoms with van der Waals surface area (Å²) in [5.41, 5.74) is 2.16. The molecule has 2 aromatic carbocycles. The van der Waals surface area contributed by atoms with Gasteiger partial charge in [0.05, 0.1) is 7.11 Å². The van der Waals surface area contributed by atoms with E-state index in [0.717, 1.165) is 28.4 Å². The molecule has 0 saturated carbocycles. The molecule has 0 saturated heterocycles. The highest BCUT2D eigenvalue weighted by molar-refractivity contribution is 6.33. The molecule has 106 valence electrons. The van der Waals surface area contributed by atoms with Gasteiger partial charge in [0.25, 0.3) is 0 Å². The number of hydrogen-bond donors (Lipinski definition) is 1. The zero-order valence-corrected chi connectivity index (χ0v) is 13.0. The van der Waals surface area contributed by atoms with Crippen molar-refractivity contribution < 1.29 is 4.74 Å². The van der Waals surface area contributed by atoms with E-state index in [-0.39, 0.29) is 6.04 Å². The number of halogens is 2. The molecule has 1 N–H and O–H groups in total. The highest BCUT2D eigenvalue weighted by Gasteiger charge is 2.10. The molecule has 0 amide bonds. The number of benzene rings is 2. The smallest absolute Gasteiger partial charge is 0.119 e. The fourth-order valence-corrected chi connectivity index (χ4v) is 2.47. The van der Waals surface area contributed by atoms with E-state index in [4.69, 9.17) is 27.9 Å². The Bertz CT molecular complexity index is 586. The summed E-state index contributed by atoms with van der Waals surface area (Å²) >= 11 is 12.2. The van der Waals surface area contributed by atoms with Gasteiger partial charge in [-0.1, -0.05) is 35.3 Å². The van der Waals surface area contributed by atoms with Crippen molar-refractivity contribution in [3.63, 3.8) is 0 Å². The summed E-state index contributed by atoms with van der Waals surface area (Å²) in [4.78, 5) is 0. The molecular weight excluding hydrogens is 293 g/mol. The van der Waals surface area contributed by atoms with Gasteiger partial charge in [-0.05, 0) is 48.4 Å². The highest BCUT2D eigenvalue weighted by Crippen LogP contribution is 2.26. The van der Waals surface area contributed by atoms with E-state index in [2.05, 4.69) is 18.3 Å². The quantitative estimate of drug-likeness (QED) is 0.852. The second kappa shape index (κ2) is 6.98. The van der Waals surface area contributed by atoms with E-state index in [1.54, 1.807) is 13.2 Å². The molecule has 0 aliphatic rings. The third-order valence-corrected chi connectivity index (χ3v) is 3.75. The first-order valence-corrected chi connectivity index (χ1v) is 7.17. The third-order valence-electron chi connectivity index (χ3n) is 3.17. The molecule has 0 spiro atoms. The predicted molar refractivity (Wildman–Crippen MR) is 84.7 cm³/mol. The Morgan fingerprint density at radius 3 is 2.70 bits per heavy atom. The molecule has 1 unspecified atom stereocenters. The van der Waals surface area contributed by atoms with E-state index in [1.165, 1.54) is 0 Å². The van der Waals surface area contributed by atoms with Gasteiger partial charge in [0.1, 0.15) is 5.75 Å². The Morgan fingerprint density at radius 2 is 1.95 bits per heavy atom. The lowest BCUT2D eigenvalue weighted by atomic mass is 10.1. The summed E-state index contributed by atoms with van der Waals surface area (Å²) in [5, 5.41) is 4.85. The van der Waals surface area contributed by atoms with E-state index >= 15 is 0 Å². The average Bonchev–Trinajstić information content (AvgIpc) is 2.47. The lowest BCUT2D eigenvalue weighted by Gasteiger charge is -2.16. The van der Waals surface area contributed by atoms with Crippen LogP contribution >= 0.6 is 23.2 Å². The summed E-state index contributed by atoms with van der Waals surface area (Å²) in [5.74, 6) is 0.859. The fourth-order valence-electron chi connectivity index (χ4n) is 2.01. The van der Waals surface area contributed by atoms with E-state index in [0.29, 0.717) is 5.02 Å². The zero-order chi connectivity index (χ0) is 14.5. The molecule has 0 aliphatic carbocycles. The van der Waals surface area contributed by atoms with Gasteiger partial charge in [0.2, 0.25) is 0 Å². The SMILES string of the molecule is COc1cccc(CNC(C)c2cc(Cl)ccc2Cl)c1. The third kappa shape index (κ3) is 3.89. The van der Waals surface area contributed by atoms with Crippen molar-refractivity contribution in [1.82, 2.24) is 5.32 Å². The molecular formula is C16H17Cl2NO. The Hall–Kier alpha value is -1.22. The monoisotopic (exact) mass is 309 g/mol. The summed E-state index contributed by atoms with van der Waals surface area (Å²) < 4.78 is 5.21. The van der Waals surface area contributed by atoms with Crippen LogP contribution in [-0.4, -0.2) is 7.11 Å². The van der Waals surface area contributed by atoms with Crippen LogP contribution in [0.25, 0.3) is 0 Å². The van der Waals surface area contributed by atoms with Crippen molar-refractivity contribution in [2.75, 3.05) is 7.11 Å². The van der Waals surface area contributed by atoms with Crippen LogP contribution in [0.4, 0.5) is 0 Å². The second-order valence-electron chi connectivity index (χ2n) is 4.62. The van der Waals surface area contributed by atoms with Crippen molar-refractivity contribution in [1.29, 1.82) is 0 Å². The average molecular weight is 310 g/mol. The molecule has 4 heteroatoms. The van der Waals surface area contributed by atoms with Crippen LogP contribution in [0.15, 0.2) is 42.5 Å². The van der Waals surface area contributed by atoms with Crippen molar-refractivity contribution in [2.24, 2.45) is 0 Å². The Balaban J connectivity index is 2.04. The zero-order valence-electron chi connectivity index (χ0n) is 11.5. The summed E-state index contributed by atoms with van der Waals surface area (Å²) in [7, 11) is 1.67. The molecule has 0 bridgehead atoms. The number of hydrogen-bond acceptors (Lipinski definition) is 2. The molecule has 0 aromatic heterocycles. The maximum absolute atomic E-state index is 6.20. The van der Waals surface area contributed by atoms with Gasteiger partial charge in [-0.3, -0.25) is 0 Å². The van der Waals surface area contributed by atoms with Crippen LogP contribution in [0.3, 0.4) is 0 Å². The van der Waals surface area contributed by atoms with Gasteiger partial charge in [0, 0.05) is 22.6 Å². The van der Waals surface area contributed by atoms with Gasteiger partial charge in [-0.15, -0.1) is 0 Å². The minimum Gasteiger partial charge on any atom is -0.497 e. The number of rotatable bonds is 5. The van der Waals surface area contributed by atoms with E-state index in [1.807, 2.05) is 30.3 Å². The summed E-state index contributed by atoms with van der Waals surface area (Å²) in [6.07, 6.45) is 0. The van der Waals surface area contributed by atoms with Crippen LogP contribution in [0.1, 0.15) is 24.1 Å². The Labute approximate surface area is 129 Å². The molecule has 20 heavy (non-hydrogen) atoms. The first-order valence-electron chi connectivity index (χ1n) is 6.41. The molecule has 0 aliphatic heterocycles.